The molecular weight excluding hydrogens is 290 g/mol. The first-order valence-corrected chi connectivity index (χ1v) is 8.60. The van der Waals surface area contributed by atoms with Crippen LogP contribution in [-0.4, -0.2) is 27.6 Å². The molecule has 0 radical (unpaired) electrons. The second-order valence-corrected chi connectivity index (χ2v) is 7.46. The van der Waals surface area contributed by atoms with E-state index < -0.39 is 9.73 Å². The van der Waals surface area contributed by atoms with E-state index in [0.717, 1.165) is 0 Å². The van der Waals surface area contributed by atoms with Gasteiger partial charge in [-0.25, -0.2) is 9.19 Å². The van der Waals surface area contributed by atoms with Crippen LogP contribution in [0.3, 0.4) is 0 Å². The maximum absolute atomic E-state index is 12.1. The number of oxazole rings is 1. The lowest BCUT2D eigenvalue weighted by atomic mass is 10.2. The number of rotatable bonds is 3. The van der Waals surface area contributed by atoms with Crippen molar-refractivity contribution in [3.05, 3.63) is 41.6 Å². The number of benzene rings is 1. The Morgan fingerprint density at radius 3 is 2.62 bits per heavy atom. The number of nitrogens with one attached hydrogen (secondary N) is 1. The molecule has 0 unspecified atom stereocenters. The molecule has 112 valence electrons. The van der Waals surface area contributed by atoms with Crippen LogP contribution in [0, 0.1) is 13.8 Å². The van der Waals surface area contributed by atoms with Crippen LogP contribution in [0.4, 0.5) is 11.4 Å². The maximum Gasteiger partial charge on any atom is 0.277 e. The van der Waals surface area contributed by atoms with Gasteiger partial charge in [0.15, 0.2) is 11.6 Å². The first-order valence-electron chi connectivity index (χ1n) is 6.27. The molecule has 1 amide bonds. The van der Waals surface area contributed by atoms with E-state index in [1.54, 1.807) is 50.6 Å². The highest BCUT2D eigenvalue weighted by Gasteiger charge is 2.15. The largest absolute Gasteiger partial charge is 0.445 e. The van der Waals surface area contributed by atoms with Crippen molar-refractivity contribution >= 4 is 27.0 Å². The summed E-state index contributed by atoms with van der Waals surface area (Å²) in [5, 5.41) is 2.72. The fourth-order valence-electron chi connectivity index (χ4n) is 1.82. The average molecular weight is 307 g/mol. The lowest BCUT2D eigenvalue weighted by molar-refractivity contribution is 0.102. The quantitative estimate of drug-likeness (QED) is 0.944. The van der Waals surface area contributed by atoms with Gasteiger partial charge in [0.1, 0.15) is 5.76 Å². The molecule has 0 aliphatic heterocycles. The molecule has 0 aliphatic carbocycles. The lowest BCUT2D eigenvalue weighted by Gasteiger charge is -2.04. The zero-order chi connectivity index (χ0) is 15.6. The number of hydrogen-bond donors (Lipinski definition) is 1. The molecule has 2 aromatic rings. The molecular formula is C14H17N3O3S. The van der Waals surface area contributed by atoms with Gasteiger partial charge in [-0.2, -0.15) is 4.36 Å². The van der Waals surface area contributed by atoms with Crippen LogP contribution in [0.25, 0.3) is 0 Å². The van der Waals surface area contributed by atoms with Gasteiger partial charge in [0.25, 0.3) is 5.91 Å². The normalized spacial score (nSPS) is 11.2. The van der Waals surface area contributed by atoms with Crippen LogP contribution in [0.1, 0.15) is 22.1 Å². The molecule has 0 atom stereocenters. The third-order valence-corrected chi connectivity index (χ3v) is 3.20. The van der Waals surface area contributed by atoms with Gasteiger partial charge in [-0.05, 0) is 25.1 Å². The molecule has 0 aliphatic rings. The van der Waals surface area contributed by atoms with Crippen LogP contribution in [0.5, 0.6) is 0 Å². The molecule has 0 spiro atoms. The Morgan fingerprint density at radius 1 is 1.33 bits per heavy atom. The first-order chi connectivity index (χ1) is 9.74. The summed E-state index contributed by atoms with van der Waals surface area (Å²) in [5.41, 5.74) is 1.37. The summed E-state index contributed by atoms with van der Waals surface area (Å²) in [7, 11) is -2.24. The van der Waals surface area contributed by atoms with E-state index in [1.165, 1.54) is 0 Å². The summed E-state index contributed by atoms with van der Waals surface area (Å²) < 4.78 is 21.0. The predicted octanol–water partition coefficient (Wildman–Crippen LogP) is 2.90. The Balaban J connectivity index is 2.24. The van der Waals surface area contributed by atoms with Gasteiger partial charge in [-0.15, -0.1) is 0 Å². The zero-order valence-corrected chi connectivity index (χ0v) is 13.2. The second-order valence-electron chi connectivity index (χ2n) is 4.91. The summed E-state index contributed by atoms with van der Waals surface area (Å²) >= 11 is 0. The van der Waals surface area contributed by atoms with E-state index >= 15 is 0 Å². The van der Waals surface area contributed by atoms with E-state index in [0.29, 0.717) is 23.0 Å². The molecule has 1 aromatic heterocycles. The van der Waals surface area contributed by atoms with Crippen LogP contribution < -0.4 is 5.32 Å². The van der Waals surface area contributed by atoms with Crippen LogP contribution in [0.2, 0.25) is 0 Å². The van der Waals surface area contributed by atoms with Crippen molar-refractivity contribution in [3.63, 3.8) is 0 Å². The summed E-state index contributed by atoms with van der Waals surface area (Å²) in [6.45, 7) is 3.37. The van der Waals surface area contributed by atoms with Gasteiger partial charge in [-0.3, -0.25) is 4.79 Å². The number of anilines is 1. The highest BCUT2D eigenvalue weighted by atomic mass is 32.2. The lowest BCUT2D eigenvalue weighted by Crippen LogP contribution is -2.13. The predicted molar refractivity (Wildman–Crippen MR) is 82.5 cm³/mol. The smallest absolute Gasteiger partial charge is 0.277 e. The van der Waals surface area contributed by atoms with Crippen molar-refractivity contribution in [1.82, 2.24) is 4.98 Å². The minimum atomic E-state index is -2.24. The van der Waals surface area contributed by atoms with Gasteiger partial charge in [0.2, 0.25) is 0 Å². The Labute approximate surface area is 123 Å². The van der Waals surface area contributed by atoms with Gasteiger partial charge >= 0.3 is 0 Å². The van der Waals surface area contributed by atoms with Crippen LogP contribution >= 0.6 is 0 Å². The molecule has 0 fully saturated rings. The molecule has 1 heterocycles. The fraction of sp³-hybridized carbons (Fsp3) is 0.286. The van der Waals surface area contributed by atoms with Crippen molar-refractivity contribution in [1.29, 1.82) is 0 Å². The molecule has 21 heavy (non-hydrogen) atoms. The Morgan fingerprint density at radius 2 is 2.05 bits per heavy atom. The average Bonchev–Trinajstić information content (AvgIpc) is 2.66. The number of aryl methyl sites for hydroxylation is 2. The molecule has 0 saturated heterocycles. The molecule has 0 saturated carbocycles. The number of carbonyl (C=O) groups excluding carboxylic acids is 1. The second kappa shape index (κ2) is 5.69. The van der Waals surface area contributed by atoms with Crippen molar-refractivity contribution in [2.24, 2.45) is 4.36 Å². The fourth-order valence-corrected chi connectivity index (χ4v) is 2.45. The molecule has 1 N–H and O–H groups in total. The van der Waals surface area contributed by atoms with Crippen LogP contribution in [-0.2, 0) is 9.73 Å². The minimum absolute atomic E-state index is 0.254. The van der Waals surface area contributed by atoms with E-state index in [1.807, 2.05) is 0 Å². The van der Waals surface area contributed by atoms with Gasteiger partial charge in [0.05, 0.1) is 5.69 Å². The molecule has 7 heteroatoms. The van der Waals surface area contributed by atoms with Crippen molar-refractivity contribution in [3.8, 4) is 0 Å². The number of aromatic nitrogens is 1. The van der Waals surface area contributed by atoms with E-state index in [2.05, 4.69) is 14.7 Å². The standard InChI is InChI=1S/C14H17N3O3S/c1-9-13(15-10(2)20-9)14(18)16-11-6-5-7-12(8-11)17-21(3,4)19/h5-8H,1-4H3,(H,16,18). The monoisotopic (exact) mass is 307 g/mol. The number of carbonyl (C=O) groups is 1. The van der Waals surface area contributed by atoms with Crippen molar-refractivity contribution in [2.45, 2.75) is 13.8 Å². The Hall–Kier alpha value is -2.15. The number of nitrogens with zero attached hydrogens (tertiary/aromatic N) is 2. The van der Waals surface area contributed by atoms with Gasteiger partial charge < -0.3 is 9.73 Å². The van der Waals surface area contributed by atoms with Crippen LogP contribution in [0.15, 0.2) is 33.0 Å². The highest BCUT2D eigenvalue weighted by Crippen LogP contribution is 2.20. The highest BCUT2D eigenvalue weighted by molar-refractivity contribution is 7.92. The van der Waals surface area contributed by atoms with Gasteiger partial charge in [-0.1, -0.05) is 6.07 Å². The first kappa shape index (κ1) is 15.2. The topological polar surface area (TPSA) is 84.6 Å². The van der Waals surface area contributed by atoms with Gasteiger partial charge in [0, 0.05) is 34.9 Å². The summed E-state index contributed by atoms with van der Waals surface area (Å²) in [6, 6.07) is 6.85. The van der Waals surface area contributed by atoms with Crippen molar-refractivity contribution in [2.75, 3.05) is 17.8 Å². The number of amides is 1. The third kappa shape index (κ3) is 4.16. The SMILES string of the molecule is Cc1nc(C(=O)Nc2cccc(N=S(C)(C)=O)c2)c(C)o1. The maximum atomic E-state index is 12.1. The van der Waals surface area contributed by atoms with Crippen molar-refractivity contribution < 1.29 is 13.4 Å². The Bertz CT molecular complexity index is 794. The summed E-state index contributed by atoms with van der Waals surface area (Å²) in [5.74, 6) is 0.560. The molecule has 0 bridgehead atoms. The molecule has 2 rings (SSSR count). The van der Waals surface area contributed by atoms with E-state index in [9.17, 15) is 9.00 Å². The van der Waals surface area contributed by atoms with E-state index in [4.69, 9.17) is 4.42 Å². The molecule has 6 nitrogen and oxygen atoms in total. The summed E-state index contributed by atoms with van der Waals surface area (Å²) in [6.07, 6.45) is 3.11. The van der Waals surface area contributed by atoms with E-state index in [-0.39, 0.29) is 11.6 Å². The third-order valence-electron chi connectivity index (χ3n) is 2.55. The summed E-state index contributed by atoms with van der Waals surface area (Å²) in [4.78, 5) is 16.2. The Kier molecular flexibility index (Phi) is 4.13. The number of hydrogen-bond acceptors (Lipinski definition) is 5. The zero-order valence-electron chi connectivity index (χ0n) is 12.3. The molecule has 1 aromatic carbocycles. The minimum Gasteiger partial charge on any atom is -0.445 e.